The summed E-state index contributed by atoms with van der Waals surface area (Å²) in [5.41, 5.74) is 1.21. The zero-order valence-corrected chi connectivity index (χ0v) is 13.3. The fourth-order valence-electron chi connectivity index (χ4n) is 2.70. The van der Waals surface area contributed by atoms with Gasteiger partial charge in [0.15, 0.2) is 0 Å². The topological polar surface area (TPSA) is 35.5 Å². The lowest BCUT2D eigenvalue weighted by Gasteiger charge is -2.14. The smallest absolute Gasteiger partial charge is 0.319 e. The average Bonchev–Trinajstić information content (AvgIpc) is 2.92. The highest BCUT2D eigenvalue weighted by Gasteiger charge is 2.29. The van der Waals surface area contributed by atoms with Gasteiger partial charge in [-0.15, -0.1) is 0 Å². The normalized spacial score (nSPS) is 23.5. The first-order valence-electron chi connectivity index (χ1n) is 7.06. The number of hydrogen-bond donors (Lipinski definition) is 0. The summed E-state index contributed by atoms with van der Waals surface area (Å²) in [6.07, 6.45) is 4.39. The summed E-state index contributed by atoms with van der Waals surface area (Å²) in [4.78, 5) is 11.2. The summed E-state index contributed by atoms with van der Waals surface area (Å²) < 4.78 is 10.7. The van der Waals surface area contributed by atoms with Crippen molar-refractivity contribution in [3.63, 3.8) is 0 Å². The van der Waals surface area contributed by atoms with Gasteiger partial charge in [-0.3, -0.25) is 4.79 Å². The maximum absolute atomic E-state index is 11.4. The maximum atomic E-state index is 11.4. The average molecular weight is 341 g/mol. The molecule has 110 valence electrons. The molecular weight excluding hydrogens is 320 g/mol. The second kappa shape index (κ2) is 7.79. The first-order chi connectivity index (χ1) is 9.69. The largest absolute Gasteiger partial charge is 0.468 e. The molecule has 1 aliphatic rings. The molecule has 2 rings (SSSR count). The van der Waals surface area contributed by atoms with Crippen molar-refractivity contribution in [1.29, 1.82) is 0 Å². The Morgan fingerprint density at radius 2 is 2.10 bits per heavy atom. The van der Waals surface area contributed by atoms with E-state index in [-0.39, 0.29) is 10.8 Å². The van der Waals surface area contributed by atoms with E-state index in [1.165, 1.54) is 12.7 Å². The quantitative estimate of drug-likeness (QED) is 0.585. The molecule has 0 spiro atoms. The minimum absolute atomic E-state index is 0.182. The van der Waals surface area contributed by atoms with Gasteiger partial charge in [0.05, 0.1) is 19.8 Å². The van der Waals surface area contributed by atoms with Gasteiger partial charge >= 0.3 is 5.97 Å². The zero-order chi connectivity index (χ0) is 14.4. The van der Waals surface area contributed by atoms with Crippen molar-refractivity contribution >= 4 is 21.9 Å². The van der Waals surface area contributed by atoms with Crippen LogP contribution in [-0.2, 0) is 20.9 Å². The third-order valence-corrected chi connectivity index (χ3v) is 4.57. The molecule has 0 saturated heterocycles. The Morgan fingerprint density at radius 1 is 1.35 bits per heavy atom. The van der Waals surface area contributed by atoms with Crippen LogP contribution in [0.25, 0.3) is 0 Å². The van der Waals surface area contributed by atoms with Crippen molar-refractivity contribution in [2.24, 2.45) is 5.92 Å². The van der Waals surface area contributed by atoms with Crippen LogP contribution < -0.4 is 0 Å². The van der Waals surface area contributed by atoms with Crippen LogP contribution >= 0.6 is 15.9 Å². The van der Waals surface area contributed by atoms with E-state index in [0.29, 0.717) is 18.6 Å². The first-order valence-corrected chi connectivity index (χ1v) is 7.98. The number of benzene rings is 1. The van der Waals surface area contributed by atoms with Gasteiger partial charge in [-0.25, -0.2) is 0 Å². The summed E-state index contributed by atoms with van der Waals surface area (Å²) in [5, 5.41) is 0. The van der Waals surface area contributed by atoms with Gasteiger partial charge in [-0.05, 0) is 37.2 Å². The predicted octanol–water partition coefficient (Wildman–Crippen LogP) is 3.70. The number of rotatable bonds is 6. The van der Waals surface area contributed by atoms with E-state index < -0.39 is 0 Å². The molecule has 0 radical (unpaired) electrons. The highest BCUT2D eigenvalue weighted by molar-refractivity contribution is 9.10. The van der Waals surface area contributed by atoms with Crippen LogP contribution in [0, 0.1) is 5.92 Å². The maximum Gasteiger partial charge on any atom is 0.319 e. The summed E-state index contributed by atoms with van der Waals surface area (Å²) in [6, 6.07) is 10.2. The molecule has 1 aromatic carbocycles. The van der Waals surface area contributed by atoms with E-state index >= 15 is 0 Å². The molecule has 0 N–H and O–H groups in total. The molecule has 0 aromatic heterocycles. The standard InChI is InChI=1S/C16H21BrO3/c1-19-16(18)15(17)10-13-7-8-14(9-13)20-11-12-5-3-2-4-6-12/h2-6,13-15H,7-11H2,1H3/t13-,14?,15?/m1/s1. The van der Waals surface area contributed by atoms with Gasteiger partial charge in [-0.2, -0.15) is 0 Å². The third-order valence-electron chi connectivity index (χ3n) is 3.82. The number of alkyl halides is 1. The lowest BCUT2D eigenvalue weighted by molar-refractivity contribution is -0.140. The molecule has 0 bridgehead atoms. The predicted molar refractivity (Wildman–Crippen MR) is 81.7 cm³/mol. The minimum atomic E-state index is -0.189. The second-order valence-corrected chi connectivity index (χ2v) is 6.43. The fourth-order valence-corrected chi connectivity index (χ4v) is 3.42. The number of carbonyl (C=O) groups excluding carboxylic acids is 1. The Labute approximate surface area is 128 Å². The third kappa shape index (κ3) is 4.60. The van der Waals surface area contributed by atoms with Gasteiger partial charge in [-0.1, -0.05) is 46.3 Å². The molecule has 1 aliphatic carbocycles. The molecule has 1 fully saturated rings. The molecule has 2 unspecified atom stereocenters. The van der Waals surface area contributed by atoms with Crippen LogP contribution in [0.3, 0.4) is 0 Å². The lowest BCUT2D eigenvalue weighted by Crippen LogP contribution is -2.19. The number of carbonyl (C=O) groups is 1. The molecule has 1 saturated carbocycles. The van der Waals surface area contributed by atoms with Gasteiger partial charge < -0.3 is 9.47 Å². The molecule has 0 heterocycles. The highest BCUT2D eigenvalue weighted by atomic mass is 79.9. The SMILES string of the molecule is COC(=O)C(Br)C[C@@H]1CCC(OCc2ccccc2)C1. The van der Waals surface area contributed by atoms with E-state index in [1.807, 2.05) is 18.2 Å². The minimum Gasteiger partial charge on any atom is -0.468 e. The van der Waals surface area contributed by atoms with E-state index in [0.717, 1.165) is 25.7 Å². The van der Waals surface area contributed by atoms with Crippen molar-refractivity contribution in [1.82, 2.24) is 0 Å². The van der Waals surface area contributed by atoms with Crippen LogP contribution in [0.5, 0.6) is 0 Å². The Hall–Kier alpha value is -0.870. The second-order valence-electron chi connectivity index (χ2n) is 5.32. The fraction of sp³-hybridized carbons (Fsp3) is 0.562. The number of halogens is 1. The Kier molecular flexibility index (Phi) is 6.05. The molecule has 4 heteroatoms. The van der Waals surface area contributed by atoms with Crippen LogP contribution in [-0.4, -0.2) is 24.0 Å². The molecule has 3 atom stereocenters. The monoisotopic (exact) mass is 340 g/mol. The number of esters is 1. The number of methoxy groups -OCH3 is 1. The van der Waals surface area contributed by atoms with Crippen molar-refractivity contribution in [2.45, 2.75) is 43.2 Å². The van der Waals surface area contributed by atoms with Crippen molar-refractivity contribution < 1.29 is 14.3 Å². The van der Waals surface area contributed by atoms with Crippen LogP contribution in [0.15, 0.2) is 30.3 Å². The first kappa shape index (κ1) is 15.5. The van der Waals surface area contributed by atoms with Gasteiger partial charge in [0.1, 0.15) is 4.83 Å². The van der Waals surface area contributed by atoms with Gasteiger partial charge in [0, 0.05) is 0 Å². The molecule has 3 nitrogen and oxygen atoms in total. The zero-order valence-electron chi connectivity index (χ0n) is 11.8. The van der Waals surface area contributed by atoms with E-state index in [4.69, 9.17) is 9.47 Å². The Morgan fingerprint density at radius 3 is 2.80 bits per heavy atom. The van der Waals surface area contributed by atoms with Crippen LogP contribution in [0.2, 0.25) is 0 Å². The molecule has 0 aliphatic heterocycles. The summed E-state index contributed by atoms with van der Waals surface area (Å²) in [5.74, 6) is 0.359. The van der Waals surface area contributed by atoms with Crippen molar-refractivity contribution in [3.8, 4) is 0 Å². The van der Waals surface area contributed by atoms with Gasteiger partial charge in [0.25, 0.3) is 0 Å². The number of ether oxygens (including phenoxy) is 2. The molecular formula is C16H21BrO3. The Bertz CT molecular complexity index is 421. The summed E-state index contributed by atoms with van der Waals surface area (Å²) in [7, 11) is 1.43. The van der Waals surface area contributed by atoms with Crippen molar-refractivity contribution in [3.05, 3.63) is 35.9 Å². The van der Waals surface area contributed by atoms with E-state index in [1.54, 1.807) is 0 Å². The summed E-state index contributed by atoms with van der Waals surface area (Å²) >= 11 is 3.39. The van der Waals surface area contributed by atoms with Crippen molar-refractivity contribution in [2.75, 3.05) is 7.11 Å². The van der Waals surface area contributed by atoms with Crippen LogP contribution in [0.4, 0.5) is 0 Å². The lowest BCUT2D eigenvalue weighted by atomic mass is 10.0. The van der Waals surface area contributed by atoms with E-state index in [2.05, 4.69) is 28.1 Å². The summed E-state index contributed by atoms with van der Waals surface area (Å²) in [6.45, 7) is 0.674. The van der Waals surface area contributed by atoms with Gasteiger partial charge in [0.2, 0.25) is 0 Å². The molecule has 20 heavy (non-hydrogen) atoms. The Balaban J connectivity index is 1.71. The molecule has 0 amide bonds. The number of hydrogen-bond acceptors (Lipinski definition) is 3. The van der Waals surface area contributed by atoms with Crippen LogP contribution in [0.1, 0.15) is 31.2 Å². The molecule has 1 aromatic rings. The van der Waals surface area contributed by atoms with E-state index in [9.17, 15) is 4.79 Å². The highest BCUT2D eigenvalue weighted by Crippen LogP contribution is 2.33.